The zero-order chi connectivity index (χ0) is 21.8. The van der Waals surface area contributed by atoms with Crippen molar-refractivity contribution >= 4 is 28.5 Å². The largest absolute Gasteiger partial charge is 0.465 e. The highest BCUT2D eigenvalue weighted by molar-refractivity contribution is 5.92. The molecule has 0 unspecified atom stereocenters. The predicted octanol–water partition coefficient (Wildman–Crippen LogP) is 3.83. The van der Waals surface area contributed by atoms with E-state index in [1.165, 1.54) is 7.11 Å². The summed E-state index contributed by atoms with van der Waals surface area (Å²) in [7, 11) is 1.35. The summed E-state index contributed by atoms with van der Waals surface area (Å²) in [6.45, 7) is 4.51. The van der Waals surface area contributed by atoms with Gasteiger partial charge in [-0.1, -0.05) is 31.2 Å². The van der Waals surface area contributed by atoms with Crippen molar-refractivity contribution in [3.8, 4) is 17.2 Å². The van der Waals surface area contributed by atoms with Crippen LogP contribution in [0.2, 0.25) is 0 Å². The molecule has 31 heavy (non-hydrogen) atoms. The van der Waals surface area contributed by atoms with Crippen LogP contribution in [-0.2, 0) is 4.74 Å². The van der Waals surface area contributed by atoms with Gasteiger partial charge < -0.3 is 15.4 Å². The molecule has 0 spiro atoms. The van der Waals surface area contributed by atoms with Crippen molar-refractivity contribution in [2.75, 3.05) is 32.1 Å². The maximum atomic E-state index is 11.8. The molecular formula is C24H23N5O2. The Kier molecular flexibility index (Phi) is 5.83. The second-order valence-electron chi connectivity index (χ2n) is 7.04. The van der Waals surface area contributed by atoms with Gasteiger partial charge >= 0.3 is 5.97 Å². The van der Waals surface area contributed by atoms with Crippen molar-refractivity contribution in [2.45, 2.75) is 6.92 Å². The number of imidazole rings is 1. The fourth-order valence-electron chi connectivity index (χ4n) is 3.66. The van der Waals surface area contributed by atoms with Crippen molar-refractivity contribution in [2.24, 2.45) is 0 Å². The summed E-state index contributed by atoms with van der Waals surface area (Å²) in [6.07, 6.45) is 0. The van der Waals surface area contributed by atoms with E-state index in [0.29, 0.717) is 16.8 Å². The molecule has 0 radical (unpaired) electrons. The van der Waals surface area contributed by atoms with Gasteiger partial charge in [0.25, 0.3) is 0 Å². The number of carbonyl (C=O) groups is 1. The molecule has 0 aliphatic rings. The van der Waals surface area contributed by atoms with Crippen molar-refractivity contribution < 1.29 is 9.53 Å². The molecule has 2 N–H and O–H groups in total. The van der Waals surface area contributed by atoms with E-state index in [1.807, 2.05) is 46.9 Å². The van der Waals surface area contributed by atoms with E-state index in [2.05, 4.69) is 23.6 Å². The molecule has 0 aliphatic heterocycles. The maximum Gasteiger partial charge on any atom is 0.337 e. The van der Waals surface area contributed by atoms with Gasteiger partial charge in [-0.25, -0.2) is 9.78 Å². The summed E-state index contributed by atoms with van der Waals surface area (Å²) in [4.78, 5) is 16.5. The van der Waals surface area contributed by atoms with Gasteiger partial charge in [0.1, 0.15) is 17.5 Å². The van der Waals surface area contributed by atoms with Crippen LogP contribution >= 0.6 is 0 Å². The van der Waals surface area contributed by atoms with Gasteiger partial charge in [-0.2, -0.15) is 5.26 Å². The molecule has 0 bridgehead atoms. The second-order valence-corrected chi connectivity index (χ2v) is 7.04. The van der Waals surface area contributed by atoms with Gasteiger partial charge in [-0.15, -0.1) is 0 Å². The second kappa shape index (κ2) is 8.86. The van der Waals surface area contributed by atoms with E-state index < -0.39 is 5.97 Å². The first-order chi connectivity index (χ1) is 15.2. The average Bonchev–Trinajstić information content (AvgIpc) is 3.20. The van der Waals surface area contributed by atoms with Crippen LogP contribution < -0.4 is 10.6 Å². The first-order valence-electron chi connectivity index (χ1n) is 10.2. The Morgan fingerprint density at radius 1 is 1.16 bits per heavy atom. The highest BCUT2D eigenvalue weighted by Gasteiger charge is 2.18. The number of nitrogens with zero attached hydrogens (tertiary/aromatic N) is 3. The highest BCUT2D eigenvalue weighted by Crippen LogP contribution is 2.33. The Hall–Kier alpha value is -3.89. The minimum absolute atomic E-state index is 0.396. The lowest BCUT2D eigenvalue weighted by atomic mass is 10.00. The van der Waals surface area contributed by atoms with Crippen LogP contribution in [0.1, 0.15) is 22.8 Å². The van der Waals surface area contributed by atoms with Crippen molar-refractivity contribution in [1.82, 2.24) is 14.7 Å². The van der Waals surface area contributed by atoms with E-state index in [4.69, 9.17) is 9.72 Å². The highest BCUT2D eigenvalue weighted by atomic mass is 16.5. The third kappa shape index (κ3) is 3.81. The number of ether oxygens (including phenoxy) is 1. The Bertz CT molecular complexity index is 1290. The monoisotopic (exact) mass is 413 g/mol. The topological polar surface area (TPSA) is 91.5 Å². The third-order valence-electron chi connectivity index (χ3n) is 5.16. The standard InChI is InChI=1S/C24H23N5O2/c1-3-26-12-13-27-22-14-18(16-8-10-17(11-9-16)24(30)31-2)19(15-25)23-28-20-6-4-5-7-21(20)29(22)23/h4-11,14,26-27H,3,12-13H2,1-2H3. The van der Waals surface area contributed by atoms with E-state index in [1.54, 1.807) is 12.1 Å². The molecule has 0 saturated heterocycles. The number of hydrogen-bond donors (Lipinski definition) is 2. The number of pyridine rings is 1. The smallest absolute Gasteiger partial charge is 0.337 e. The van der Waals surface area contributed by atoms with Gasteiger partial charge in [0.2, 0.25) is 0 Å². The van der Waals surface area contributed by atoms with E-state index in [-0.39, 0.29) is 0 Å². The number of hydrogen-bond acceptors (Lipinski definition) is 6. The summed E-state index contributed by atoms with van der Waals surface area (Å²) in [6, 6.07) is 19.2. The third-order valence-corrected chi connectivity index (χ3v) is 5.16. The lowest BCUT2D eigenvalue weighted by Gasteiger charge is -2.14. The minimum Gasteiger partial charge on any atom is -0.465 e. The van der Waals surface area contributed by atoms with Gasteiger partial charge in [0, 0.05) is 18.7 Å². The summed E-state index contributed by atoms with van der Waals surface area (Å²) < 4.78 is 6.77. The van der Waals surface area contributed by atoms with Crippen LogP contribution in [0.3, 0.4) is 0 Å². The number of likely N-dealkylation sites (N-methyl/N-ethyl adjacent to an activating group) is 1. The van der Waals surface area contributed by atoms with Crippen LogP contribution in [0, 0.1) is 11.3 Å². The quantitative estimate of drug-likeness (QED) is 0.353. The number of carbonyl (C=O) groups excluding carboxylic acids is 1. The molecule has 0 atom stereocenters. The van der Waals surface area contributed by atoms with E-state index in [0.717, 1.165) is 47.6 Å². The van der Waals surface area contributed by atoms with Crippen molar-refractivity contribution in [1.29, 1.82) is 5.26 Å². The fourth-order valence-corrected chi connectivity index (χ4v) is 3.66. The van der Waals surface area contributed by atoms with Crippen LogP contribution in [0.4, 0.5) is 5.82 Å². The van der Waals surface area contributed by atoms with Gasteiger partial charge in [0.05, 0.1) is 23.7 Å². The number of aromatic nitrogens is 2. The summed E-state index contributed by atoms with van der Waals surface area (Å²) in [5, 5.41) is 16.8. The molecule has 7 heteroatoms. The molecule has 0 saturated carbocycles. The normalized spacial score (nSPS) is 10.9. The minimum atomic E-state index is -0.396. The number of benzene rings is 2. The van der Waals surface area contributed by atoms with Crippen molar-refractivity contribution in [3.05, 3.63) is 65.7 Å². The zero-order valence-electron chi connectivity index (χ0n) is 17.5. The SMILES string of the molecule is CCNCCNc1cc(-c2ccc(C(=O)OC)cc2)c(C#N)c2nc3ccccc3n12. The molecule has 0 fully saturated rings. The molecule has 2 aromatic heterocycles. The predicted molar refractivity (Wildman–Crippen MR) is 121 cm³/mol. The number of esters is 1. The Morgan fingerprint density at radius 2 is 1.94 bits per heavy atom. The first kappa shape index (κ1) is 20.4. The maximum absolute atomic E-state index is 11.8. The van der Waals surface area contributed by atoms with Gasteiger partial charge in [-0.05, 0) is 42.4 Å². The van der Waals surface area contributed by atoms with Crippen LogP contribution in [0.5, 0.6) is 0 Å². The number of fused-ring (bicyclic) bond motifs is 3. The lowest BCUT2D eigenvalue weighted by Crippen LogP contribution is -2.22. The number of nitrogens with one attached hydrogen (secondary N) is 2. The van der Waals surface area contributed by atoms with E-state index >= 15 is 0 Å². The Labute approximate surface area is 180 Å². The van der Waals surface area contributed by atoms with Crippen molar-refractivity contribution in [3.63, 3.8) is 0 Å². The summed E-state index contributed by atoms with van der Waals surface area (Å²) in [5.41, 5.74) is 4.89. The van der Waals surface area contributed by atoms with Crippen LogP contribution in [0.15, 0.2) is 54.6 Å². The molecule has 0 aliphatic carbocycles. The van der Waals surface area contributed by atoms with E-state index in [9.17, 15) is 10.1 Å². The molecule has 156 valence electrons. The molecule has 4 rings (SSSR count). The number of anilines is 1. The number of rotatable bonds is 7. The first-order valence-corrected chi connectivity index (χ1v) is 10.2. The molecule has 2 heterocycles. The van der Waals surface area contributed by atoms with Gasteiger partial charge in [0.15, 0.2) is 5.65 Å². The van der Waals surface area contributed by atoms with Gasteiger partial charge in [-0.3, -0.25) is 4.40 Å². The fraction of sp³-hybridized carbons (Fsp3) is 0.208. The Balaban J connectivity index is 1.90. The van der Waals surface area contributed by atoms with Crippen LogP contribution in [-0.4, -0.2) is 42.1 Å². The number of methoxy groups -OCH3 is 1. The average molecular weight is 413 g/mol. The molecule has 2 aromatic carbocycles. The summed E-state index contributed by atoms with van der Waals surface area (Å²) in [5.74, 6) is 0.459. The number of nitriles is 1. The lowest BCUT2D eigenvalue weighted by molar-refractivity contribution is 0.0601. The van der Waals surface area contributed by atoms with Crippen LogP contribution in [0.25, 0.3) is 27.8 Å². The zero-order valence-corrected chi connectivity index (χ0v) is 17.5. The summed E-state index contributed by atoms with van der Waals surface area (Å²) >= 11 is 0. The molecule has 7 nitrogen and oxygen atoms in total. The molecular weight excluding hydrogens is 390 g/mol. The Morgan fingerprint density at radius 3 is 2.65 bits per heavy atom. The molecule has 0 amide bonds. The number of para-hydroxylation sites is 2. The molecule has 4 aromatic rings.